The molecule has 0 radical (unpaired) electrons. The van der Waals surface area contributed by atoms with Crippen molar-refractivity contribution in [2.24, 2.45) is 0 Å². The van der Waals surface area contributed by atoms with E-state index in [9.17, 15) is 18.0 Å². The summed E-state index contributed by atoms with van der Waals surface area (Å²) in [6.07, 6.45) is -0.0711. The molecule has 0 aliphatic heterocycles. The molecular formula is C15H12F3NO2. The number of benzene rings is 1. The molecule has 1 aromatic heterocycles. The molecule has 0 saturated carbocycles. The van der Waals surface area contributed by atoms with E-state index in [0.29, 0.717) is 11.3 Å². The Kier molecular flexibility index (Phi) is 4.47. The molecular weight excluding hydrogens is 283 g/mol. The van der Waals surface area contributed by atoms with E-state index in [4.69, 9.17) is 4.42 Å². The number of carbonyl (C=O) groups excluding carboxylic acids is 1. The summed E-state index contributed by atoms with van der Waals surface area (Å²) in [5.74, 6) is 0.186. The molecule has 110 valence electrons. The second-order valence-corrected chi connectivity index (χ2v) is 4.26. The van der Waals surface area contributed by atoms with Crippen molar-refractivity contribution in [2.75, 3.05) is 0 Å². The molecule has 0 bridgehead atoms. The van der Waals surface area contributed by atoms with Crippen molar-refractivity contribution in [3.63, 3.8) is 0 Å². The number of furan rings is 1. The lowest BCUT2D eigenvalue weighted by molar-refractivity contribution is -0.137. The molecule has 3 nitrogen and oxygen atoms in total. The molecule has 21 heavy (non-hydrogen) atoms. The van der Waals surface area contributed by atoms with E-state index in [1.807, 2.05) is 0 Å². The zero-order valence-corrected chi connectivity index (χ0v) is 10.9. The van der Waals surface area contributed by atoms with Gasteiger partial charge in [0, 0.05) is 12.6 Å². The third-order valence-corrected chi connectivity index (χ3v) is 2.69. The standard InChI is InChI=1S/C15H12F3NO2/c16-15(17,18)12-5-3-11(4-6-12)10-19-14(20)8-7-13-2-1-9-21-13/h1-9H,10H2,(H,19,20)/b8-7+. The Morgan fingerprint density at radius 1 is 1.19 bits per heavy atom. The number of hydrogen-bond acceptors (Lipinski definition) is 2. The van der Waals surface area contributed by atoms with Gasteiger partial charge in [0.25, 0.3) is 0 Å². The summed E-state index contributed by atoms with van der Waals surface area (Å²) in [4.78, 5) is 11.5. The van der Waals surface area contributed by atoms with Crippen LogP contribution in [-0.2, 0) is 17.5 Å². The van der Waals surface area contributed by atoms with Gasteiger partial charge in [-0.25, -0.2) is 0 Å². The number of nitrogens with one attached hydrogen (secondary N) is 1. The average Bonchev–Trinajstić information content (AvgIpc) is 2.95. The average molecular weight is 295 g/mol. The van der Waals surface area contributed by atoms with Crippen LogP contribution in [0.2, 0.25) is 0 Å². The van der Waals surface area contributed by atoms with Gasteiger partial charge in [0.2, 0.25) is 5.91 Å². The molecule has 0 unspecified atom stereocenters. The first-order chi connectivity index (χ1) is 9.95. The molecule has 0 atom stereocenters. The number of halogens is 3. The second kappa shape index (κ2) is 6.30. The largest absolute Gasteiger partial charge is 0.465 e. The molecule has 1 N–H and O–H groups in total. The van der Waals surface area contributed by atoms with E-state index in [1.54, 1.807) is 12.1 Å². The van der Waals surface area contributed by atoms with Crippen molar-refractivity contribution < 1.29 is 22.4 Å². The van der Waals surface area contributed by atoms with E-state index in [-0.39, 0.29) is 12.5 Å². The van der Waals surface area contributed by atoms with E-state index in [2.05, 4.69) is 5.32 Å². The second-order valence-electron chi connectivity index (χ2n) is 4.26. The van der Waals surface area contributed by atoms with Crippen molar-refractivity contribution in [3.05, 3.63) is 65.6 Å². The van der Waals surface area contributed by atoms with E-state index >= 15 is 0 Å². The zero-order valence-electron chi connectivity index (χ0n) is 10.9. The van der Waals surface area contributed by atoms with Gasteiger partial charge in [0.05, 0.1) is 11.8 Å². The van der Waals surface area contributed by atoms with Gasteiger partial charge in [-0.1, -0.05) is 12.1 Å². The molecule has 0 spiro atoms. The monoisotopic (exact) mass is 295 g/mol. The van der Waals surface area contributed by atoms with Crippen LogP contribution in [0.4, 0.5) is 13.2 Å². The number of alkyl halides is 3. The highest BCUT2D eigenvalue weighted by molar-refractivity contribution is 5.91. The van der Waals surface area contributed by atoms with Gasteiger partial charge >= 0.3 is 6.18 Å². The van der Waals surface area contributed by atoms with Crippen molar-refractivity contribution in [1.82, 2.24) is 5.32 Å². The SMILES string of the molecule is O=C(/C=C/c1ccco1)NCc1ccc(C(F)(F)F)cc1. The minimum atomic E-state index is -4.35. The zero-order chi connectivity index (χ0) is 15.3. The van der Waals surface area contributed by atoms with Crippen LogP contribution in [0, 0.1) is 0 Å². The van der Waals surface area contributed by atoms with E-state index in [1.165, 1.54) is 30.5 Å². The fourth-order valence-corrected chi connectivity index (χ4v) is 1.60. The Morgan fingerprint density at radius 3 is 2.48 bits per heavy atom. The van der Waals surface area contributed by atoms with Crippen LogP contribution < -0.4 is 5.32 Å². The predicted octanol–water partition coefficient (Wildman–Crippen LogP) is 3.63. The third kappa shape index (κ3) is 4.52. The first kappa shape index (κ1) is 14.9. The normalized spacial score (nSPS) is 11.8. The summed E-state index contributed by atoms with van der Waals surface area (Å²) >= 11 is 0. The highest BCUT2D eigenvalue weighted by atomic mass is 19.4. The Morgan fingerprint density at radius 2 is 1.90 bits per heavy atom. The van der Waals surface area contributed by atoms with Crippen LogP contribution in [0.3, 0.4) is 0 Å². The van der Waals surface area contributed by atoms with Gasteiger partial charge in [0.1, 0.15) is 5.76 Å². The Labute approximate surface area is 119 Å². The molecule has 1 aromatic carbocycles. The van der Waals surface area contributed by atoms with E-state index < -0.39 is 11.7 Å². The fourth-order valence-electron chi connectivity index (χ4n) is 1.60. The van der Waals surface area contributed by atoms with Crippen molar-refractivity contribution in [2.45, 2.75) is 12.7 Å². The first-order valence-electron chi connectivity index (χ1n) is 6.11. The smallest absolute Gasteiger partial charge is 0.416 e. The minimum Gasteiger partial charge on any atom is -0.465 e. The van der Waals surface area contributed by atoms with E-state index in [0.717, 1.165) is 12.1 Å². The summed E-state index contributed by atoms with van der Waals surface area (Å²) in [6.45, 7) is 0.152. The number of carbonyl (C=O) groups is 1. The molecule has 2 aromatic rings. The van der Waals surface area contributed by atoms with Gasteiger partial charge < -0.3 is 9.73 Å². The third-order valence-electron chi connectivity index (χ3n) is 2.69. The Balaban J connectivity index is 1.87. The molecule has 0 saturated heterocycles. The Hall–Kier alpha value is -2.50. The van der Waals surface area contributed by atoms with Crippen molar-refractivity contribution >= 4 is 12.0 Å². The summed E-state index contributed by atoms with van der Waals surface area (Å²) in [7, 11) is 0. The lowest BCUT2D eigenvalue weighted by atomic mass is 10.1. The summed E-state index contributed by atoms with van der Waals surface area (Å²) in [6, 6.07) is 8.03. The van der Waals surface area contributed by atoms with Crippen LogP contribution in [0.5, 0.6) is 0 Å². The van der Waals surface area contributed by atoms with Gasteiger partial charge in [-0.05, 0) is 35.9 Å². The highest BCUT2D eigenvalue weighted by Gasteiger charge is 2.29. The van der Waals surface area contributed by atoms with Crippen molar-refractivity contribution in [1.29, 1.82) is 0 Å². The van der Waals surface area contributed by atoms with Crippen LogP contribution in [-0.4, -0.2) is 5.91 Å². The lowest BCUT2D eigenvalue weighted by Gasteiger charge is -2.07. The quantitative estimate of drug-likeness (QED) is 0.875. The van der Waals surface area contributed by atoms with Crippen molar-refractivity contribution in [3.8, 4) is 0 Å². The highest BCUT2D eigenvalue weighted by Crippen LogP contribution is 2.28. The minimum absolute atomic E-state index is 0.152. The maximum Gasteiger partial charge on any atom is 0.416 e. The number of amides is 1. The molecule has 1 heterocycles. The maximum atomic E-state index is 12.4. The number of rotatable bonds is 4. The van der Waals surface area contributed by atoms with Crippen LogP contribution in [0.1, 0.15) is 16.9 Å². The fraction of sp³-hybridized carbons (Fsp3) is 0.133. The molecule has 0 aliphatic carbocycles. The van der Waals surface area contributed by atoms with Gasteiger partial charge in [0.15, 0.2) is 0 Å². The summed E-state index contributed by atoms with van der Waals surface area (Å²) in [5, 5.41) is 2.57. The first-order valence-corrected chi connectivity index (χ1v) is 6.11. The van der Waals surface area contributed by atoms with Crippen LogP contribution in [0.25, 0.3) is 6.08 Å². The lowest BCUT2D eigenvalue weighted by Crippen LogP contribution is -2.20. The van der Waals surface area contributed by atoms with Gasteiger partial charge in [-0.15, -0.1) is 0 Å². The predicted molar refractivity (Wildman–Crippen MR) is 71.0 cm³/mol. The molecule has 6 heteroatoms. The van der Waals surface area contributed by atoms with Crippen LogP contribution >= 0.6 is 0 Å². The number of hydrogen-bond donors (Lipinski definition) is 1. The molecule has 2 rings (SSSR count). The van der Waals surface area contributed by atoms with Gasteiger partial charge in [-0.3, -0.25) is 4.79 Å². The Bertz CT molecular complexity index is 613. The molecule has 0 aliphatic rings. The molecule has 0 fully saturated rings. The summed E-state index contributed by atoms with van der Waals surface area (Å²) in [5.41, 5.74) is -0.127. The van der Waals surface area contributed by atoms with Gasteiger partial charge in [-0.2, -0.15) is 13.2 Å². The summed E-state index contributed by atoms with van der Waals surface area (Å²) < 4.78 is 42.2. The maximum absolute atomic E-state index is 12.4. The molecule has 1 amide bonds. The van der Waals surface area contributed by atoms with Crippen LogP contribution in [0.15, 0.2) is 53.2 Å². The topological polar surface area (TPSA) is 42.2 Å².